The summed E-state index contributed by atoms with van der Waals surface area (Å²) in [7, 11) is 0. The lowest BCUT2D eigenvalue weighted by Gasteiger charge is -2.26. The fourth-order valence-corrected chi connectivity index (χ4v) is 2.44. The van der Waals surface area contributed by atoms with Gasteiger partial charge in [-0.2, -0.15) is 5.10 Å². The highest BCUT2D eigenvalue weighted by molar-refractivity contribution is 5.83. The minimum absolute atomic E-state index is 0.0324. The van der Waals surface area contributed by atoms with Gasteiger partial charge in [-0.1, -0.05) is 52.0 Å². The predicted molar refractivity (Wildman–Crippen MR) is 94.8 cm³/mol. The van der Waals surface area contributed by atoms with Crippen LogP contribution in [0.5, 0.6) is 0 Å². The standard InChI is InChI=1S/C17H29N5/c1-13(2)10-22(11-14(3)4)12-16-8-6-5-7-15(16)9-20-21-17(18)19/h5-9,13-14H,10-12H2,1-4H3,(H4,18,19,21). The number of nitrogens with two attached hydrogens (primary N) is 2. The van der Waals surface area contributed by atoms with Gasteiger partial charge in [-0.25, -0.2) is 0 Å². The molecule has 22 heavy (non-hydrogen) atoms. The Hall–Kier alpha value is -1.88. The molecule has 0 amide bonds. The summed E-state index contributed by atoms with van der Waals surface area (Å²) in [4.78, 5) is 2.49. The maximum Gasteiger partial charge on any atom is 0.211 e. The largest absolute Gasteiger partial charge is 0.369 e. The molecule has 1 aromatic rings. The second kappa shape index (κ2) is 9.20. The summed E-state index contributed by atoms with van der Waals surface area (Å²) >= 11 is 0. The van der Waals surface area contributed by atoms with Crippen LogP contribution in [0.25, 0.3) is 0 Å². The van der Waals surface area contributed by atoms with Crippen molar-refractivity contribution < 1.29 is 0 Å². The molecule has 5 nitrogen and oxygen atoms in total. The Morgan fingerprint density at radius 2 is 1.68 bits per heavy atom. The Morgan fingerprint density at radius 3 is 2.23 bits per heavy atom. The van der Waals surface area contributed by atoms with E-state index in [0.717, 1.165) is 25.2 Å². The summed E-state index contributed by atoms with van der Waals surface area (Å²) in [5, 5.41) is 7.59. The number of guanidine groups is 1. The van der Waals surface area contributed by atoms with Crippen molar-refractivity contribution in [2.75, 3.05) is 13.1 Å². The zero-order valence-corrected chi connectivity index (χ0v) is 14.2. The molecule has 0 bridgehead atoms. The first-order chi connectivity index (χ1) is 10.4. The minimum atomic E-state index is -0.0324. The van der Waals surface area contributed by atoms with Crippen molar-refractivity contribution in [3.05, 3.63) is 35.4 Å². The molecule has 0 radical (unpaired) electrons. The molecule has 0 fully saturated rings. The average molecular weight is 303 g/mol. The van der Waals surface area contributed by atoms with Crippen molar-refractivity contribution in [2.45, 2.75) is 34.2 Å². The molecule has 0 heterocycles. The van der Waals surface area contributed by atoms with E-state index < -0.39 is 0 Å². The van der Waals surface area contributed by atoms with E-state index in [9.17, 15) is 0 Å². The van der Waals surface area contributed by atoms with E-state index in [0.29, 0.717) is 11.8 Å². The van der Waals surface area contributed by atoms with Gasteiger partial charge in [0.1, 0.15) is 0 Å². The molecule has 0 unspecified atom stereocenters. The number of hydrogen-bond donors (Lipinski definition) is 2. The second-order valence-corrected chi connectivity index (χ2v) is 6.45. The first kappa shape index (κ1) is 18.2. The lowest BCUT2D eigenvalue weighted by Crippen LogP contribution is -2.31. The first-order valence-corrected chi connectivity index (χ1v) is 7.80. The summed E-state index contributed by atoms with van der Waals surface area (Å²) < 4.78 is 0. The topological polar surface area (TPSA) is 80.0 Å². The second-order valence-electron chi connectivity index (χ2n) is 6.45. The Morgan fingerprint density at radius 1 is 1.09 bits per heavy atom. The highest BCUT2D eigenvalue weighted by Gasteiger charge is 2.11. The summed E-state index contributed by atoms with van der Waals surface area (Å²) in [6.45, 7) is 12.1. The van der Waals surface area contributed by atoms with E-state index in [1.807, 2.05) is 12.1 Å². The lowest BCUT2D eigenvalue weighted by molar-refractivity contribution is 0.211. The van der Waals surface area contributed by atoms with Gasteiger partial charge in [-0.15, -0.1) is 5.10 Å². The number of nitrogens with zero attached hydrogens (tertiary/aromatic N) is 3. The highest BCUT2D eigenvalue weighted by atomic mass is 15.3. The smallest absolute Gasteiger partial charge is 0.211 e. The Balaban J connectivity index is 2.89. The molecule has 0 aliphatic heterocycles. The van der Waals surface area contributed by atoms with E-state index in [1.165, 1.54) is 5.56 Å². The average Bonchev–Trinajstić information content (AvgIpc) is 2.38. The van der Waals surface area contributed by atoms with Crippen molar-refractivity contribution >= 4 is 12.2 Å². The van der Waals surface area contributed by atoms with Gasteiger partial charge in [-0.3, -0.25) is 4.90 Å². The van der Waals surface area contributed by atoms with Gasteiger partial charge in [0, 0.05) is 19.6 Å². The van der Waals surface area contributed by atoms with Crippen LogP contribution < -0.4 is 11.5 Å². The molecular formula is C17H29N5. The van der Waals surface area contributed by atoms with E-state index in [2.05, 4.69) is 54.9 Å². The molecule has 1 aromatic carbocycles. The molecule has 5 heteroatoms. The van der Waals surface area contributed by atoms with Gasteiger partial charge in [0.15, 0.2) is 0 Å². The van der Waals surface area contributed by atoms with Crippen molar-refractivity contribution in [3.63, 3.8) is 0 Å². The fraction of sp³-hybridized carbons (Fsp3) is 0.529. The summed E-state index contributed by atoms with van der Waals surface area (Å²) in [6.07, 6.45) is 1.71. The molecule has 122 valence electrons. The summed E-state index contributed by atoms with van der Waals surface area (Å²) in [5.74, 6) is 1.25. The predicted octanol–water partition coefficient (Wildman–Crippen LogP) is 2.41. The van der Waals surface area contributed by atoms with Crippen LogP contribution in [0.4, 0.5) is 0 Å². The maximum atomic E-state index is 5.29. The minimum Gasteiger partial charge on any atom is -0.369 e. The highest BCUT2D eigenvalue weighted by Crippen LogP contribution is 2.13. The fourth-order valence-electron chi connectivity index (χ4n) is 2.44. The van der Waals surface area contributed by atoms with Crippen molar-refractivity contribution in [1.29, 1.82) is 0 Å². The Labute approximate surface area is 134 Å². The third-order valence-electron chi connectivity index (χ3n) is 3.07. The third kappa shape index (κ3) is 7.22. The molecule has 0 aromatic heterocycles. The molecule has 1 rings (SSSR count). The molecule has 0 saturated carbocycles. The molecule has 0 atom stereocenters. The van der Waals surface area contributed by atoms with Crippen LogP contribution in [0.1, 0.15) is 38.8 Å². The first-order valence-electron chi connectivity index (χ1n) is 7.80. The molecule has 0 spiro atoms. The van der Waals surface area contributed by atoms with Gasteiger partial charge >= 0.3 is 0 Å². The molecule has 0 aliphatic carbocycles. The normalized spacial score (nSPS) is 11.8. The van der Waals surface area contributed by atoms with Crippen LogP contribution in [-0.2, 0) is 6.54 Å². The monoisotopic (exact) mass is 303 g/mol. The van der Waals surface area contributed by atoms with E-state index in [4.69, 9.17) is 11.5 Å². The Bertz CT molecular complexity index is 492. The summed E-state index contributed by atoms with van der Waals surface area (Å²) in [5.41, 5.74) is 12.9. The van der Waals surface area contributed by atoms with Crippen LogP contribution >= 0.6 is 0 Å². The van der Waals surface area contributed by atoms with Crippen molar-refractivity contribution in [2.24, 2.45) is 33.5 Å². The zero-order chi connectivity index (χ0) is 16.5. The van der Waals surface area contributed by atoms with Gasteiger partial charge in [0.25, 0.3) is 0 Å². The van der Waals surface area contributed by atoms with Crippen LogP contribution in [0.3, 0.4) is 0 Å². The van der Waals surface area contributed by atoms with Crippen LogP contribution in [0, 0.1) is 11.8 Å². The van der Waals surface area contributed by atoms with Gasteiger partial charge < -0.3 is 11.5 Å². The van der Waals surface area contributed by atoms with Crippen molar-refractivity contribution in [1.82, 2.24) is 4.90 Å². The summed E-state index contributed by atoms with van der Waals surface area (Å²) in [6, 6.07) is 8.21. The lowest BCUT2D eigenvalue weighted by atomic mass is 10.1. The van der Waals surface area contributed by atoms with E-state index in [1.54, 1.807) is 6.21 Å². The quantitative estimate of drug-likeness (QED) is 0.439. The van der Waals surface area contributed by atoms with E-state index in [-0.39, 0.29) is 5.96 Å². The molecular weight excluding hydrogens is 274 g/mol. The molecule has 4 N–H and O–H groups in total. The van der Waals surface area contributed by atoms with E-state index >= 15 is 0 Å². The maximum absolute atomic E-state index is 5.29. The SMILES string of the molecule is CC(C)CN(Cc1ccccc1C=NN=C(N)N)CC(C)C. The number of hydrogen-bond acceptors (Lipinski definition) is 3. The zero-order valence-electron chi connectivity index (χ0n) is 14.2. The van der Waals surface area contributed by atoms with Gasteiger partial charge in [0.2, 0.25) is 5.96 Å². The molecule has 0 aliphatic rings. The third-order valence-corrected chi connectivity index (χ3v) is 3.07. The van der Waals surface area contributed by atoms with Crippen LogP contribution in [-0.4, -0.2) is 30.2 Å². The van der Waals surface area contributed by atoms with Gasteiger partial charge in [-0.05, 0) is 23.0 Å². The number of benzene rings is 1. The Kier molecular flexibility index (Phi) is 7.60. The van der Waals surface area contributed by atoms with Crippen LogP contribution in [0.2, 0.25) is 0 Å². The van der Waals surface area contributed by atoms with Crippen LogP contribution in [0.15, 0.2) is 34.5 Å². The van der Waals surface area contributed by atoms with Crippen molar-refractivity contribution in [3.8, 4) is 0 Å². The molecule has 0 saturated heterocycles. The number of rotatable bonds is 8. The van der Waals surface area contributed by atoms with Gasteiger partial charge in [0.05, 0.1) is 6.21 Å².